The van der Waals surface area contributed by atoms with E-state index in [9.17, 15) is 14.4 Å². The maximum Gasteiger partial charge on any atom is 0.326 e. The number of carbonyl (C=O) groups is 3. The lowest BCUT2D eigenvalue weighted by atomic mass is 10.3. The number of nitrogens with one attached hydrogen (secondary N) is 1. The third-order valence-corrected chi connectivity index (χ3v) is 4.41. The molecule has 4 N–H and O–H groups in total. The quantitative estimate of drug-likeness (QED) is 0.133. The fraction of sp³-hybridized carbons (Fsp3) is 0.857. The highest BCUT2D eigenvalue weighted by molar-refractivity contribution is 5.83. The van der Waals surface area contributed by atoms with E-state index in [-0.39, 0.29) is 31.4 Å². The average Bonchev–Trinajstić information content (AvgIpc) is 2.83. The average molecular weight is 496 g/mol. The standard InChI is InChI=1S/C21H41N3O10/c1-18(21(27)28)24(2)20(26)3-5-29-7-9-31-11-13-33-15-16-34-14-12-32-10-8-30-6-4-23-19(25)17-22/h18H,3-17,22H2,1-2H3,(H,23,25)(H,27,28). The van der Waals surface area contributed by atoms with Gasteiger partial charge in [-0.1, -0.05) is 0 Å². The molecule has 0 aliphatic rings. The number of hydrogen-bond acceptors (Lipinski definition) is 10. The highest BCUT2D eigenvalue weighted by Crippen LogP contribution is 1.99. The fourth-order valence-electron chi connectivity index (χ4n) is 2.25. The summed E-state index contributed by atoms with van der Waals surface area (Å²) in [7, 11) is 1.46. The van der Waals surface area contributed by atoms with Gasteiger partial charge in [-0.05, 0) is 6.92 Å². The largest absolute Gasteiger partial charge is 0.480 e. The molecule has 2 amide bonds. The maximum atomic E-state index is 11.8. The van der Waals surface area contributed by atoms with Crippen molar-refractivity contribution in [2.45, 2.75) is 19.4 Å². The maximum absolute atomic E-state index is 11.8. The molecule has 0 aliphatic carbocycles. The lowest BCUT2D eigenvalue weighted by molar-refractivity contribution is -0.148. The minimum atomic E-state index is -1.05. The number of amides is 2. The smallest absolute Gasteiger partial charge is 0.326 e. The number of carboxylic acids is 1. The van der Waals surface area contributed by atoms with Crippen molar-refractivity contribution in [2.24, 2.45) is 5.73 Å². The molecule has 13 nitrogen and oxygen atoms in total. The molecule has 0 spiro atoms. The highest BCUT2D eigenvalue weighted by Gasteiger charge is 2.20. The minimum absolute atomic E-state index is 0.0267. The molecule has 1 unspecified atom stereocenters. The molecule has 0 aromatic rings. The molecule has 0 aromatic heterocycles. The van der Waals surface area contributed by atoms with Crippen LogP contribution < -0.4 is 11.1 Å². The summed E-state index contributed by atoms with van der Waals surface area (Å²) in [4.78, 5) is 34.7. The molecule has 0 radical (unpaired) electrons. The summed E-state index contributed by atoms with van der Waals surface area (Å²) in [5, 5.41) is 11.5. The fourth-order valence-corrected chi connectivity index (χ4v) is 2.25. The van der Waals surface area contributed by atoms with E-state index in [0.29, 0.717) is 79.2 Å². The number of nitrogens with two attached hydrogens (primary N) is 1. The van der Waals surface area contributed by atoms with Crippen molar-refractivity contribution in [2.75, 3.05) is 99.4 Å². The van der Waals surface area contributed by atoms with Gasteiger partial charge in [0.05, 0.1) is 92.2 Å². The van der Waals surface area contributed by atoms with Crippen LogP contribution in [0.4, 0.5) is 0 Å². The van der Waals surface area contributed by atoms with Gasteiger partial charge in [0.2, 0.25) is 11.8 Å². The van der Waals surface area contributed by atoms with E-state index in [1.807, 2.05) is 0 Å². The van der Waals surface area contributed by atoms with Crippen LogP contribution in [0.25, 0.3) is 0 Å². The second-order valence-corrected chi connectivity index (χ2v) is 7.00. The topological polar surface area (TPSA) is 168 Å². The van der Waals surface area contributed by atoms with Gasteiger partial charge in [0, 0.05) is 13.6 Å². The molecule has 0 rings (SSSR count). The number of aliphatic carboxylic acids is 1. The molecule has 0 saturated carbocycles. The minimum Gasteiger partial charge on any atom is -0.480 e. The van der Waals surface area contributed by atoms with Crippen molar-refractivity contribution in [3.8, 4) is 0 Å². The molecule has 0 bridgehead atoms. The van der Waals surface area contributed by atoms with Gasteiger partial charge in [0.15, 0.2) is 0 Å². The summed E-state index contributed by atoms with van der Waals surface area (Å²) in [5.74, 6) is -1.54. The number of ether oxygens (including phenoxy) is 6. The second-order valence-electron chi connectivity index (χ2n) is 7.00. The Bertz CT molecular complexity index is 539. The molecule has 0 fully saturated rings. The SMILES string of the molecule is CC(C(=O)O)N(C)C(=O)CCOCCOCCOCCOCCOCCOCCNC(=O)CN. The number of likely N-dealkylation sites (N-methyl/N-ethyl adjacent to an activating group) is 1. The van der Waals surface area contributed by atoms with Crippen LogP contribution in [0.5, 0.6) is 0 Å². The summed E-state index contributed by atoms with van der Waals surface area (Å²) in [5.41, 5.74) is 5.16. The predicted molar refractivity (Wildman–Crippen MR) is 121 cm³/mol. The summed E-state index contributed by atoms with van der Waals surface area (Å²) < 4.78 is 32.1. The number of carboxylic acid groups (broad SMARTS) is 1. The zero-order valence-electron chi connectivity index (χ0n) is 20.3. The van der Waals surface area contributed by atoms with Crippen molar-refractivity contribution < 1.29 is 47.9 Å². The summed E-state index contributed by atoms with van der Waals surface area (Å²) in [6.07, 6.45) is 0.118. The van der Waals surface area contributed by atoms with Crippen molar-refractivity contribution in [1.82, 2.24) is 10.2 Å². The Labute approximate surface area is 201 Å². The Morgan fingerprint density at radius 3 is 1.53 bits per heavy atom. The van der Waals surface area contributed by atoms with Crippen LogP contribution in [0.15, 0.2) is 0 Å². The van der Waals surface area contributed by atoms with Crippen LogP contribution in [0, 0.1) is 0 Å². The normalized spacial score (nSPS) is 11.9. The van der Waals surface area contributed by atoms with E-state index in [2.05, 4.69) is 5.32 Å². The van der Waals surface area contributed by atoms with Gasteiger partial charge < -0.3 is 49.5 Å². The first-order valence-electron chi connectivity index (χ1n) is 11.3. The Morgan fingerprint density at radius 2 is 1.15 bits per heavy atom. The molecular weight excluding hydrogens is 454 g/mol. The zero-order valence-corrected chi connectivity index (χ0v) is 20.3. The Hall–Kier alpha value is -1.87. The zero-order chi connectivity index (χ0) is 25.4. The van der Waals surface area contributed by atoms with Crippen molar-refractivity contribution in [3.05, 3.63) is 0 Å². The monoisotopic (exact) mass is 495 g/mol. The molecule has 34 heavy (non-hydrogen) atoms. The molecule has 200 valence electrons. The lowest BCUT2D eigenvalue weighted by Crippen LogP contribution is -2.40. The predicted octanol–water partition coefficient (Wildman–Crippen LogP) is -1.52. The second kappa shape index (κ2) is 22.9. The number of carbonyl (C=O) groups excluding carboxylic acids is 2. The van der Waals surface area contributed by atoms with Crippen LogP contribution >= 0.6 is 0 Å². The number of hydrogen-bond donors (Lipinski definition) is 3. The van der Waals surface area contributed by atoms with Crippen LogP contribution in [0.1, 0.15) is 13.3 Å². The summed E-state index contributed by atoms with van der Waals surface area (Å²) in [6, 6.07) is -0.866. The van der Waals surface area contributed by atoms with Crippen LogP contribution in [0.2, 0.25) is 0 Å². The van der Waals surface area contributed by atoms with Gasteiger partial charge in [0.25, 0.3) is 0 Å². The third-order valence-electron chi connectivity index (χ3n) is 4.41. The molecule has 0 saturated heterocycles. The van der Waals surface area contributed by atoms with Gasteiger partial charge >= 0.3 is 5.97 Å². The first-order valence-corrected chi connectivity index (χ1v) is 11.3. The van der Waals surface area contributed by atoms with Gasteiger partial charge in [-0.15, -0.1) is 0 Å². The Balaban J connectivity index is 3.24. The van der Waals surface area contributed by atoms with Gasteiger partial charge in [-0.25, -0.2) is 4.79 Å². The Morgan fingerprint density at radius 1 is 0.765 bits per heavy atom. The van der Waals surface area contributed by atoms with E-state index < -0.39 is 12.0 Å². The van der Waals surface area contributed by atoms with Crippen molar-refractivity contribution in [1.29, 1.82) is 0 Å². The van der Waals surface area contributed by atoms with E-state index in [4.69, 9.17) is 39.3 Å². The number of rotatable bonds is 24. The van der Waals surface area contributed by atoms with Gasteiger partial charge in [-0.3, -0.25) is 9.59 Å². The molecular formula is C21H41N3O10. The first-order chi connectivity index (χ1) is 16.4. The van der Waals surface area contributed by atoms with Crippen LogP contribution in [-0.4, -0.2) is 133 Å². The molecule has 0 aliphatic heterocycles. The third kappa shape index (κ3) is 19.6. The lowest BCUT2D eigenvalue weighted by Gasteiger charge is -2.21. The molecule has 13 heteroatoms. The Kier molecular flexibility index (Phi) is 21.6. The van der Waals surface area contributed by atoms with Crippen LogP contribution in [0.3, 0.4) is 0 Å². The highest BCUT2D eigenvalue weighted by atomic mass is 16.6. The van der Waals surface area contributed by atoms with Crippen molar-refractivity contribution in [3.63, 3.8) is 0 Å². The van der Waals surface area contributed by atoms with E-state index in [1.165, 1.54) is 18.9 Å². The van der Waals surface area contributed by atoms with E-state index in [1.54, 1.807) is 0 Å². The molecule has 0 aromatic carbocycles. The summed E-state index contributed by atoms with van der Waals surface area (Å²) >= 11 is 0. The van der Waals surface area contributed by atoms with Crippen molar-refractivity contribution >= 4 is 17.8 Å². The van der Waals surface area contributed by atoms with Crippen LogP contribution in [-0.2, 0) is 42.8 Å². The number of nitrogens with zero attached hydrogens (tertiary/aromatic N) is 1. The summed E-state index contributed by atoms with van der Waals surface area (Å²) in [6.45, 7) is 6.72. The van der Waals surface area contributed by atoms with Gasteiger partial charge in [0.1, 0.15) is 6.04 Å². The molecule has 0 heterocycles. The van der Waals surface area contributed by atoms with Gasteiger partial charge in [-0.2, -0.15) is 0 Å². The first kappa shape index (κ1) is 32.1. The van der Waals surface area contributed by atoms with E-state index in [0.717, 1.165) is 0 Å². The van der Waals surface area contributed by atoms with E-state index >= 15 is 0 Å². The molecule has 1 atom stereocenters.